The van der Waals surface area contributed by atoms with E-state index in [1.807, 2.05) is 0 Å². The molecule has 1 rings (SSSR count). The molecule has 1 heterocycles. The molecule has 0 atom stereocenters. The zero-order chi connectivity index (χ0) is 11.4. The van der Waals surface area contributed by atoms with Gasteiger partial charge >= 0.3 is 0 Å². The van der Waals surface area contributed by atoms with Gasteiger partial charge in [-0.1, -0.05) is 6.58 Å². The number of hydrogen-bond acceptors (Lipinski definition) is 3. The minimum Gasteiger partial charge on any atom is -0.295 e. The van der Waals surface area contributed by atoms with Crippen LogP contribution in [0.2, 0.25) is 0 Å². The maximum absolute atomic E-state index is 11.2. The van der Waals surface area contributed by atoms with Crippen LogP contribution in [-0.2, 0) is 14.4 Å². The Morgan fingerprint density at radius 2 is 1.87 bits per heavy atom. The SMILES string of the molecule is C=C(C)C(=O)CCCN1C(=O)CCC1=O. The highest BCUT2D eigenvalue weighted by molar-refractivity contribution is 6.02. The van der Waals surface area contributed by atoms with Crippen LogP contribution in [-0.4, -0.2) is 29.0 Å². The molecule has 0 aromatic heterocycles. The second-order valence-corrected chi connectivity index (χ2v) is 3.75. The van der Waals surface area contributed by atoms with Crippen LogP contribution in [0.25, 0.3) is 0 Å². The normalized spacial score (nSPS) is 15.9. The average molecular weight is 209 g/mol. The molecule has 0 bridgehead atoms. The number of carbonyl (C=O) groups is 3. The van der Waals surface area contributed by atoms with E-state index in [0.29, 0.717) is 37.8 Å². The Hall–Kier alpha value is -1.45. The number of Topliss-reactive ketones (excluding diaryl/α,β-unsaturated/α-hetero) is 1. The van der Waals surface area contributed by atoms with E-state index >= 15 is 0 Å². The molecule has 1 saturated heterocycles. The van der Waals surface area contributed by atoms with Gasteiger partial charge in [-0.3, -0.25) is 19.3 Å². The molecule has 0 spiro atoms. The van der Waals surface area contributed by atoms with Gasteiger partial charge in [-0.2, -0.15) is 0 Å². The molecule has 0 saturated carbocycles. The summed E-state index contributed by atoms with van der Waals surface area (Å²) in [6, 6.07) is 0. The molecule has 4 nitrogen and oxygen atoms in total. The van der Waals surface area contributed by atoms with E-state index in [4.69, 9.17) is 0 Å². The van der Waals surface area contributed by atoms with E-state index < -0.39 is 0 Å². The first-order valence-corrected chi connectivity index (χ1v) is 5.04. The van der Waals surface area contributed by atoms with Crippen LogP contribution >= 0.6 is 0 Å². The van der Waals surface area contributed by atoms with Gasteiger partial charge in [-0.15, -0.1) is 0 Å². The molecule has 0 N–H and O–H groups in total. The Morgan fingerprint density at radius 1 is 1.33 bits per heavy atom. The molecule has 4 heteroatoms. The average Bonchev–Trinajstić information content (AvgIpc) is 2.48. The summed E-state index contributed by atoms with van der Waals surface area (Å²) in [5.41, 5.74) is 0.522. The van der Waals surface area contributed by atoms with Crippen molar-refractivity contribution >= 4 is 17.6 Å². The van der Waals surface area contributed by atoms with Crippen LogP contribution in [0.15, 0.2) is 12.2 Å². The molecule has 82 valence electrons. The first kappa shape index (κ1) is 11.6. The van der Waals surface area contributed by atoms with E-state index in [-0.39, 0.29) is 17.6 Å². The molecule has 1 aliphatic rings. The fraction of sp³-hybridized carbons (Fsp3) is 0.545. The summed E-state index contributed by atoms with van der Waals surface area (Å²) in [5, 5.41) is 0. The molecule has 15 heavy (non-hydrogen) atoms. The van der Waals surface area contributed by atoms with E-state index in [0.717, 1.165) is 0 Å². The van der Waals surface area contributed by atoms with Gasteiger partial charge in [0.2, 0.25) is 11.8 Å². The minimum absolute atomic E-state index is 0.00547. The quantitative estimate of drug-likeness (QED) is 0.502. The van der Waals surface area contributed by atoms with Crippen molar-refractivity contribution in [3.05, 3.63) is 12.2 Å². The highest BCUT2D eigenvalue weighted by Gasteiger charge is 2.28. The van der Waals surface area contributed by atoms with Crippen molar-refractivity contribution in [3.8, 4) is 0 Å². The predicted molar refractivity (Wildman–Crippen MR) is 55.0 cm³/mol. The topological polar surface area (TPSA) is 54.5 Å². The Bertz CT molecular complexity index is 304. The summed E-state index contributed by atoms with van der Waals surface area (Å²) < 4.78 is 0. The zero-order valence-corrected chi connectivity index (χ0v) is 8.91. The summed E-state index contributed by atoms with van der Waals surface area (Å²) in [4.78, 5) is 34.8. The van der Waals surface area contributed by atoms with Crippen molar-refractivity contribution in [1.29, 1.82) is 0 Å². The monoisotopic (exact) mass is 209 g/mol. The third-order valence-electron chi connectivity index (χ3n) is 2.42. The van der Waals surface area contributed by atoms with Gasteiger partial charge in [0, 0.05) is 25.8 Å². The second kappa shape index (κ2) is 4.87. The smallest absolute Gasteiger partial charge is 0.229 e. The number of allylic oxidation sites excluding steroid dienone is 1. The van der Waals surface area contributed by atoms with E-state index in [9.17, 15) is 14.4 Å². The maximum atomic E-state index is 11.2. The molecule has 0 aromatic rings. The lowest BCUT2D eigenvalue weighted by atomic mass is 10.1. The third kappa shape index (κ3) is 3.01. The molecule has 1 fully saturated rings. The largest absolute Gasteiger partial charge is 0.295 e. The van der Waals surface area contributed by atoms with Crippen molar-refractivity contribution in [1.82, 2.24) is 4.90 Å². The van der Waals surface area contributed by atoms with Crippen LogP contribution in [0.4, 0.5) is 0 Å². The standard InChI is InChI=1S/C11H15NO3/c1-8(2)9(13)4-3-7-12-10(14)5-6-11(12)15/h1,3-7H2,2H3. The lowest BCUT2D eigenvalue weighted by Crippen LogP contribution is -2.30. The number of nitrogens with zero attached hydrogens (tertiary/aromatic N) is 1. The van der Waals surface area contributed by atoms with Crippen LogP contribution in [0, 0.1) is 0 Å². The van der Waals surface area contributed by atoms with Crippen molar-refractivity contribution in [2.45, 2.75) is 32.6 Å². The Labute approximate surface area is 88.9 Å². The van der Waals surface area contributed by atoms with Gasteiger partial charge in [-0.05, 0) is 18.9 Å². The number of ketones is 1. The van der Waals surface area contributed by atoms with Crippen LogP contribution in [0.3, 0.4) is 0 Å². The van der Waals surface area contributed by atoms with Crippen molar-refractivity contribution < 1.29 is 14.4 Å². The van der Waals surface area contributed by atoms with Gasteiger partial charge in [0.15, 0.2) is 5.78 Å². The highest BCUT2D eigenvalue weighted by atomic mass is 16.2. The predicted octanol–water partition coefficient (Wildman–Crippen LogP) is 1.06. The minimum atomic E-state index is -0.122. The molecule has 0 unspecified atom stereocenters. The van der Waals surface area contributed by atoms with Crippen molar-refractivity contribution in [2.24, 2.45) is 0 Å². The summed E-state index contributed by atoms with van der Waals surface area (Å²) >= 11 is 0. The highest BCUT2D eigenvalue weighted by Crippen LogP contribution is 2.12. The zero-order valence-electron chi connectivity index (χ0n) is 8.91. The number of amides is 2. The molecule has 0 radical (unpaired) electrons. The first-order valence-electron chi connectivity index (χ1n) is 5.04. The van der Waals surface area contributed by atoms with Crippen LogP contribution in [0.1, 0.15) is 32.6 Å². The number of likely N-dealkylation sites (tertiary alicyclic amines) is 1. The Morgan fingerprint density at radius 3 is 2.33 bits per heavy atom. The summed E-state index contributed by atoms with van der Waals surface area (Å²) in [6.45, 7) is 5.56. The lowest BCUT2D eigenvalue weighted by molar-refractivity contribution is -0.138. The van der Waals surface area contributed by atoms with Gasteiger partial charge in [0.25, 0.3) is 0 Å². The van der Waals surface area contributed by atoms with Crippen molar-refractivity contribution in [2.75, 3.05) is 6.54 Å². The summed E-state index contributed by atoms with van der Waals surface area (Å²) in [7, 11) is 0. The number of imide groups is 1. The van der Waals surface area contributed by atoms with Gasteiger partial charge in [0.05, 0.1) is 0 Å². The molecule has 0 aliphatic carbocycles. The second-order valence-electron chi connectivity index (χ2n) is 3.75. The van der Waals surface area contributed by atoms with Gasteiger partial charge in [0.1, 0.15) is 0 Å². The van der Waals surface area contributed by atoms with Crippen molar-refractivity contribution in [3.63, 3.8) is 0 Å². The fourth-order valence-electron chi connectivity index (χ4n) is 1.48. The van der Waals surface area contributed by atoms with E-state index in [2.05, 4.69) is 6.58 Å². The summed E-state index contributed by atoms with van der Waals surface area (Å²) in [6.07, 6.45) is 1.51. The van der Waals surface area contributed by atoms with Crippen LogP contribution < -0.4 is 0 Å². The molecule has 0 aromatic carbocycles. The van der Waals surface area contributed by atoms with E-state index in [1.54, 1.807) is 6.92 Å². The Kier molecular flexibility index (Phi) is 3.77. The molecular formula is C11H15NO3. The lowest BCUT2D eigenvalue weighted by Gasteiger charge is -2.12. The Balaban J connectivity index is 2.31. The van der Waals surface area contributed by atoms with Gasteiger partial charge < -0.3 is 0 Å². The maximum Gasteiger partial charge on any atom is 0.229 e. The third-order valence-corrected chi connectivity index (χ3v) is 2.42. The number of hydrogen-bond donors (Lipinski definition) is 0. The number of rotatable bonds is 5. The summed E-state index contributed by atoms with van der Waals surface area (Å²) in [5.74, 6) is -0.250. The number of carbonyl (C=O) groups excluding carboxylic acids is 3. The fourth-order valence-corrected chi connectivity index (χ4v) is 1.48. The molecule has 2 amide bonds. The van der Waals surface area contributed by atoms with Gasteiger partial charge in [-0.25, -0.2) is 0 Å². The van der Waals surface area contributed by atoms with Crippen LogP contribution in [0.5, 0.6) is 0 Å². The molecule has 1 aliphatic heterocycles. The molecular weight excluding hydrogens is 194 g/mol. The van der Waals surface area contributed by atoms with E-state index in [1.165, 1.54) is 4.90 Å². The first-order chi connectivity index (χ1) is 7.02.